The lowest BCUT2D eigenvalue weighted by molar-refractivity contribution is 0.0864. The van der Waals surface area contributed by atoms with Gasteiger partial charge in [-0.3, -0.25) is 9.89 Å². The Morgan fingerprint density at radius 2 is 2.29 bits per heavy atom. The van der Waals surface area contributed by atoms with Crippen molar-refractivity contribution in [2.75, 3.05) is 0 Å². The topological polar surface area (TPSA) is 70.7 Å². The molecular formula is C12H20N4O. The number of rotatable bonds is 2. The summed E-state index contributed by atoms with van der Waals surface area (Å²) in [7, 11) is 0. The van der Waals surface area contributed by atoms with Crippen molar-refractivity contribution in [2.24, 2.45) is 11.3 Å². The Balaban J connectivity index is 1.97. The van der Waals surface area contributed by atoms with Gasteiger partial charge < -0.3 is 5.32 Å². The van der Waals surface area contributed by atoms with Crippen molar-refractivity contribution < 1.29 is 4.79 Å². The van der Waals surface area contributed by atoms with Crippen molar-refractivity contribution in [3.05, 3.63) is 12.2 Å². The van der Waals surface area contributed by atoms with Gasteiger partial charge in [-0.25, -0.2) is 4.98 Å². The molecule has 0 aromatic carbocycles. The molecule has 94 valence electrons. The van der Waals surface area contributed by atoms with Crippen LogP contribution in [0.2, 0.25) is 0 Å². The zero-order valence-corrected chi connectivity index (χ0v) is 10.7. The zero-order chi connectivity index (χ0) is 12.5. The van der Waals surface area contributed by atoms with Crippen LogP contribution in [0.1, 0.15) is 50.7 Å². The van der Waals surface area contributed by atoms with Gasteiger partial charge in [-0.15, -0.1) is 0 Å². The fourth-order valence-corrected chi connectivity index (χ4v) is 3.02. The molecule has 5 heteroatoms. The van der Waals surface area contributed by atoms with Crippen molar-refractivity contribution in [3.8, 4) is 0 Å². The fraction of sp³-hybridized carbons (Fsp3) is 0.750. The molecule has 1 amide bonds. The Morgan fingerprint density at radius 3 is 2.88 bits per heavy atom. The van der Waals surface area contributed by atoms with Crippen molar-refractivity contribution in [3.63, 3.8) is 0 Å². The molecule has 2 N–H and O–H groups in total. The van der Waals surface area contributed by atoms with Crippen molar-refractivity contribution in [1.29, 1.82) is 0 Å². The minimum absolute atomic E-state index is 0.155. The number of aromatic nitrogens is 3. The molecule has 0 radical (unpaired) electrons. The third-order valence-corrected chi connectivity index (χ3v) is 3.35. The first kappa shape index (κ1) is 12.1. The third-order valence-electron chi connectivity index (χ3n) is 3.35. The van der Waals surface area contributed by atoms with Crippen LogP contribution in [0.4, 0.5) is 0 Å². The number of nitrogens with one attached hydrogen (secondary N) is 2. The van der Waals surface area contributed by atoms with Crippen LogP contribution in [0.15, 0.2) is 6.33 Å². The highest BCUT2D eigenvalue weighted by Crippen LogP contribution is 2.38. The van der Waals surface area contributed by atoms with Gasteiger partial charge in [0.1, 0.15) is 6.33 Å². The van der Waals surface area contributed by atoms with E-state index in [1.165, 1.54) is 12.7 Å². The minimum Gasteiger partial charge on any atom is -0.347 e. The van der Waals surface area contributed by atoms with Crippen LogP contribution in [0.25, 0.3) is 0 Å². The van der Waals surface area contributed by atoms with Crippen LogP contribution in [-0.2, 0) is 0 Å². The summed E-state index contributed by atoms with van der Waals surface area (Å²) in [6.07, 6.45) is 4.64. The molecule has 1 fully saturated rings. The molecule has 0 spiro atoms. The maximum Gasteiger partial charge on any atom is 0.288 e. The summed E-state index contributed by atoms with van der Waals surface area (Å²) < 4.78 is 0. The lowest BCUT2D eigenvalue weighted by Crippen LogP contribution is -2.43. The third kappa shape index (κ3) is 3.05. The van der Waals surface area contributed by atoms with Gasteiger partial charge in [-0.2, -0.15) is 5.10 Å². The van der Waals surface area contributed by atoms with E-state index in [0.29, 0.717) is 17.2 Å². The Labute approximate surface area is 101 Å². The molecule has 0 saturated heterocycles. The van der Waals surface area contributed by atoms with Gasteiger partial charge in [0.25, 0.3) is 5.91 Å². The van der Waals surface area contributed by atoms with Crippen LogP contribution in [0, 0.1) is 11.3 Å². The zero-order valence-electron chi connectivity index (χ0n) is 10.7. The quantitative estimate of drug-likeness (QED) is 0.821. The van der Waals surface area contributed by atoms with E-state index < -0.39 is 0 Å². The van der Waals surface area contributed by atoms with Crippen molar-refractivity contribution in [2.45, 2.75) is 46.1 Å². The number of H-pyrrole nitrogens is 1. The van der Waals surface area contributed by atoms with Gasteiger partial charge in [0.15, 0.2) is 0 Å². The van der Waals surface area contributed by atoms with Crippen LogP contribution >= 0.6 is 0 Å². The number of hydrogen-bond donors (Lipinski definition) is 2. The monoisotopic (exact) mass is 236 g/mol. The summed E-state index contributed by atoms with van der Waals surface area (Å²) in [6.45, 7) is 6.76. The van der Waals surface area contributed by atoms with E-state index in [0.717, 1.165) is 12.8 Å². The van der Waals surface area contributed by atoms with E-state index >= 15 is 0 Å². The Morgan fingerprint density at radius 1 is 1.53 bits per heavy atom. The maximum absolute atomic E-state index is 11.8. The molecule has 5 nitrogen and oxygen atoms in total. The van der Waals surface area contributed by atoms with Gasteiger partial charge >= 0.3 is 0 Å². The largest absolute Gasteiger partial charge is 0.347 e. The van der Waals surface area contributed by atoms with Gasteiger partial charge in [0, 0.05) is 6.04 Å². The summed E-state index contributed by atoms with van der Waals surface area (Å²) in [5.74, 6) is 0.789. The van der Waals surface area contributed by atoms with E-state index in [1.807, 2.05) is 0 Å². The Hall–Kier alpha value is -1.39. The van der Waals surface area contributed by atoms with Crippen molar-refractivity contribution in [1.82, 2.24) is 20.5 Å². The molecule has 1 aromatic rings. The number of nitrogens with zero attached hydrogens (tertiary/aromatic N) is 2. The molecule has 1 aromatic heterocycles. The van der Waals surface area contributed by atoms with E-state index in [4.69, 9.17) is 0 Å². The molecular weight excluding hydrogens is 216 g/mol. The number of carbonyl (C=O) groups is 1. The predicted octanol–water partition coefficient (Wildman–Crippen LogP) is 1.75. The average Bonchev–Trinajstić information content (AvgIpc) is 2.65. The lowest BCUT2D eigenvalue weighted by atomic mass is 9.70. The smallest absolute Gasteiger partial charge is 0.288 e. The van der Waals surface area contributed by atoms with Gasteiger partial charge in [-0.05, 0) is 30.6 Å². The molecule has 2 atom stereocenters. The standard InChI is InChI=1S/C12H20N4O/c1-8-4-9(6-12(2,3)5-8)15-11(17)10-13-7-14-16-10/h7-9H,4-6H2,1-3H3,(H,15,17)(H,13,14,16)/t8-,9+/m1/s1. The summed E-state index contributed by atoms with van der Waals surface area (Å²) in [6, 6.07) is 0.242. The molecule has 0 unspecified atom stereocenters. The summed E-state index contributed by atoms with van der Waals surface area (Å²) in [5, 5.41) is 9.30. The second-order valence-electron chi connectivity index (χ2n) is 5.92. The normalized spacial score (nSPS) is 27.7. The first-order valence-corrected chi connectivity index (χ1v) is 6.12. The van der Waals surface area contributed by atoms with Crippen molar-refractivity contribution >= 4 is 5.91 Å². The second-order valence-corrected chi connectivity index (χ2v) is 5.92. The summed E-state index contributed by atoms with van der Waals surface area (Å²) in [4.78, 5) is 15.7. The van der Waals surface area contributed by atoms with E-state index in [-0.39, 0.29) is 11.9 Å². The Bertz CT molecular complexity index is 385. The molecule has 17 heavy (non-hydrogen) atoms. The number of hydrogen-bond acceptors (Lipinski definition) is 3. The van der Waals surface area contributed by atoms with Crippen LogP contribution in [0.5, 0.6) is 0 Å². The number of aromatic amines is 1. The van der Waals surface area contributed by atoms with Gasteiger partial charge in [0.05, 0.1) is 0 Å². The van der Waals surface area contributed by atoms with Crippen LogP contribution < -0.4 is 5.32 Å². The van der Waals surface area contributed by atoms with E-state index in [9.17, 15) is 4.79 Å². The van der Waals surface area contributed by atoms with E-state index in [1.54, 1.807) is 0 Å². The highest BCUT2D eigenvalue weighted by molar-refractivity contribution is 5.90. The van der Waals surface area contributed by atoms with E-state index in [2.05, 4.69) is 41.3 Å². The fourth-order valence-electron chi connectivity index (χ4n) is 3.02. The summed E-state index contributed by atoms with van der Waals surface area (Å²) in [5.41, 5.74) is 0.303. The molecule has 1 aliphatic rings. The SMILES string of the molecule is C[C@@H]1C[C@H](NC(=O)c2ncn[nH]2)CC(C)(C)C1. The first-order chi connectivity index (χ1) is 7.96. The molecule has 2 rings (SSSR count). The molecule has 0 bridgehead atoms. The minimum atomic E-state index is -0.155. The van der Waals surface area contributed by atoms with Gasteiger partial charge in [0.2, 0.25) is 5.82 Å². The highest BCUT2D eigenvalue weighted by Gasteiger charge is 2.33. The van der Waals surface area contributed by atoms with Crippen LogP contribution in [0.3, 0.4) is 0 Å². The lowest BCUT2D eigenvalue weighted by Gasteiger charge is -2.39. The predicted molar refractivity (Wildman–Crippen MR) is 64.4 cm³/mol. The van der Waals surface area contributed by atoms with Gasteiger partial charge in [-0.1, -0.05) is 20.8 Å². The molecule has 0 aliphatic heterocycles. The highest BCUT2D eigenvalue weighted by atomic mass is 16.2. The summed E-state index contributed by atoms with van der Waals surface area (Å²) >= 11 is 0. The number of carbonyl (C=O) groups excluding carboxylic acids is 1. The average molecular weight is 236 g/mol. The maximum atomic E-state index is 11.8. The first-order valence-electron chi connectivity index (χ1n) is 6.12. The second kappa shape index (κ2) is 4.47. The molecule has 1 aliphatic carbocycles. The molecule has 1 saturated carbocycles. The molecule has 1 heterocycles. The Kier molecular flexibility index (Phi) is 3.17. The van der Waals surface area contributed by atoms with Crippen LogP contribution in [-0.4, -0.2) is 27.1 Å². The number of amides is 1.